The first-order chi connectivity index (χ1) is 15.7. The summed E-state index contributed by atoms with van der Waals surface area (Å²) in [6.45, 7) is 2.43. The van der Waals surface area contributed by atoms with Gasteiger partial charge < -0.3 is 20.1 Å². The number of nitro benzene ring substituents is 1. The minimum Gasteiger partial charge on any atom is -0.462 e. The lowest BCUT2D eigenvalue weighted by atomic mass is 10.1. The molecule has 0 fully saturated rings. The molecule has 1 amide bonds. The maximum atomic E-state index is 12.9. The van der Waals surface area contributed by atoms with Gasteiger partial charge in [-0.25, -0.2) is 13.2 Å². The van der Waals surface area contributed by atoms with E-state index in [1.165, 1.54) is 19.2 Å². The number of rotatable bonds is 9. The van der Waals surface area contributed by atoms with Gasteiger partial charge in [0, 0.05) is 30.2 Å². The van der Waals surface area contributed by atoms with Crippen LogP contribution in [0.15, 0.2) is 18.2 Å². The molecule has 2 N–H and O–H groups in total. The van der Waals surface area contributed by atoms with Crippen molar-refractivity contribution in [2.75, 3.05) is 43.3 Å². The number of carbonyl (C=O) groups excluding carboxylic acids is 2. The number of carbonyl (C=O) groups is 2. The van der Waals surface area contributed by atoms with E-state index in [0.717, 1.165) is 17.4 Å². The Morgan fingerprint density at radius 2 is 2.06 bits per heavy atom. The molecule has 0 bridgehead atoms. The highest BCUT2D eigenvalue weighted by Gasteiger charge is 2.32. The molecule has 33 heavy (non-hydrogen) atoms. The fourth-order valence-electron chi connectivity index (χ4n) is 3.37. The number of esters is 1. The number of amides is 1. The molecule has 178 valence electrons. The van der Waals surface area contributed by atoms with Crippen molar-refractivity contribution in [3.05, 3.63) is 49.9 Å². The highest BCUT2D eigenvalue weighted by molar-refractivity contribution is 7.90. The largest absolute Gasteiger partial charge is 0.462 e. The highest BCUT2D eigenvalue weighted by Crippen LogP contribution is 2.39. The molecule has 0 saturated carbocycles. The Labute approximate surface area is 194 Å². The van der Waals surface area contributed by atoms with Gasteiger partial charge in [-0.2, -0.15) is 0 Å². The monoisotopic (exact) mass is 497 g/mol. The van der Waals surface area contributed by atoms with E-state index >= 15 is 0 Å². The molecule has 2 heterocycles. The SMILES string of the molecule is CCOC(=O)c1c(NC(=O)c2ccc(NCCOC)c([N+](=O)[O-])c2)sc2c1CCS(=O)(=O)C2. The van der Waals surface area contributed by atoms with Gasteiger partial charge in [0.1, 0.15) is 10.7 Å². The standard InChI is InChI=1S/C20H23N3O8S2/c1-3-31-20(25)17-13-6-9-33(28,29)11-16(13)32-19(17)22-18(24)12-4-5-14(21-7-8-30-2)15(10-12)23(26)27/h4-5,10,21H,3,6-9,11H2,1-2H3,(H,22,24). The molecule has 0 aliphatic carbocycles. The summed E-state index contributed by atoms with van der Waals surface area (Å²) in [5.74, 6) is -1.65. The van der Waals surface area contributed by atoms with Gasteiger partial charge >= 0.3 is 5.97 Å². The van der Waals surface area contributed by atoms with Gasteiger partial charge in [-0.1, -0.05) is 0 Å². The van der Waals surface area contributed by atoms with E-state index in [1.807, 2.05) is 0 Å². The van der Waals surface area contributed by atoms with E-state index in [-0.39, 0.29) is 52.0 Å². The Balaban J connectivity index is 1.92. The van der Waals surface area contributed by atoms with E-state index < -0.39 is 26.6 Å². The molecule has 11 nitrogen and oxygen atoms in total. The van der Waals surface area contributed by atoms with Crippen LogP contribution in [-0.4, -0.2) is 57.8 Å². The van der Waals surface area contributed by atoms with Crippen LogP contribution in [0.1, 0.15) is 38.1 Å². The summed E-state index contributed by atoms with van der Waals surface area (Å²) in [5.41, 5.74) is 0.631. The topological polar surface area (TPSA) is 154 Å². The second-order valence-corrected chi connectivity index (χ2v) is 10.4. The molecule has 1 aliphatic rings. The van der Waals surface area contributed by atoms with Crippen LogP contribution >= 0.6 is 11.3 Å². The molecule has 0 radical (unpaired) electrons. The average molecular weight is 498 g/mol. The molecule has 0 saturated heterocycles. The van der Waals surface area contributed by atoms with Crippen LogP contribution < -0.4 is 10.6 Å². The number of sulfone groups is 1. The van der Waals surface area contributed by atoms with Gasteiger partial charge in [-0.05, 0) is 31.0 Å². The maximum absolute atomic E-state index is 12.9. The van der Waals surface area contributed by atoms with Gasteiger partial charge in [0.25, 0.3) is 11.6 Å². The number of nitro groups is 1. The van der Waals surface area contributed by atoms with Crippen LogP contribution in [0.2, 0.25) is 0 Å². The quantitative estimate of drug-likeness (QED) is 0.230. The molecular weight excluding hydrogens is 474 g/mol. The second kappa shape index (κ2) is 10.3. The Morgan fingerprint density at radius 3 is 2.73 bits per heavy atom. The second-order valence-electron chi connectivity index (χ2n) is 7.13. The zero-order valence-corrected chi connectivity index (χ0v) is 19.6. The predicted molar refractivity (Wildman–Crippen MR) is 123 cm³/mol. The van der Waals surface area contributed by atoms with E-state index in [2.05, 4.69) is 10.6 Å². The summed E-state index contributed by atoms with van der Waals surface area (Å²) in [5, 5.41) is 17.1. The van der Waals surface area contributed by atoms with E-state index in [4.69, 9.17) is 9.47 Å². The molecule has 1 aromatic carbocycles. The van der Waals surface area contributed by atoms with Crippen molar-refractivity contribution < 1.29 is 32.4 Å². The average Bonchev–Trinajstić information content (AvgIpc) is 3.09. The molecule has 1 aliphatic heterocycles. The lowest BCUT2D eigenvalue weighted by molar-refractivity contribution is -0.384. The first kappa shape index (κ1) is 24.6. The van der Waals surface area contributed by atoms with Gasteiger partial charge in [0.15, 0.2) is 9.84 Å². The molecule has 0 unspecified atom stereocenters. The van der Waals surface area contributed by atoms with Gasteiger partial charge in [-0.3, -0.25) is 14.9 Å². The summed E-state index contributed by atoms with van der Waals surface area (Å²) in [6.07, 6.45) is 0.144. The predicted octanol–water partition coefficient (Wildman–Crippen LogP) is 2.61. The van der Waals surface area contributed by atoms with Gasteiger partial charge in [0.05, 0.1) is 35.2 Å². The highest BCUT2D eigenvalue weighted by atomic mass is 32.2. The number of benzene rings is 1. The van der Waals surface area contributed by atoms with Crippen LogP contribution in [-0.2, 0) is 31.5 Å². The Morgan fingerprint density at radius 1 is 1.30 bits per heavy atom. The van der Waals surface area contributed by atoms with Crippen molar-refractivity contribution in [1.82, 2.24) is 0 Å². The lowest BCUT2D eigenvalue weighted by Gasteiger charge is -2.13. The molecule has 13 heteroatoms. The number of fused-ring (bicyclic) bond motifs is 1. The summed E-state index contributed by atoms with van der Waals surface area (Å²) in [7, 11) is -1.79. The fourth-order valence-corrected chi connectivity index (χ4v) is 6.40. The minimum absolute atomic E-state index is 0.00722. The van der Waals surface area contributed by atoms with Crippen LogP contribution in [0, 0.1) is 10.1 Å². The zero-order valence-electron chi connectivity index (χ0n) is 18.0. The first-order valence-electron chi connectivity index (χ1n) is 10.0. The third-order valence-electron chi connectivity index (χ3n) is 4.89. The van der Waals surface area contributed by atoms with Crippen molar-refractivity contribution >= 4 is 49.4 Å². The Kier molecular flexibility index (Phi) is 7.66. The van der Waals surface area contributed by atoms with Gasteiger partial charge in [0.2, 0.25) is 0 Å². The number of ether oxygens (including phenoxy) is 2. The van der Waals surface area contributed by atoms with E-state index in [9.17, 15) is 28.1 Å². The molecule has 0 atom stereocenters. The fraction of sp³-hybridized carbons (Fsp3) is 0.400. The van der Waals surface area contributed by atoms with Crippen molar-refractivity contribution in [2.45, 2.75) is 19.1 Å². The Hall–Kier alpha value is -3.03. The van der Waals surface area contributed by atoms with Gasteiger partial charge in [-0.15, -0.1) is 11.3 Å². The lowest BCUT2D eigenvalue weighted by Crippen LogP contribution is -2.20. The van der Waals surface area contributed by atoms with Crippen LogP contribution in [0.5, 0.6) is 0 Å². The molecule has 1 aromatic heterocycles. The number of hydrogen-bond acceptors (Lipinski definition) is 10. The smallest absolute Gasteiger partial charge is 0.341 e. The molecule has 0 spiro atoms. The zero-order chi connectivity index (χ0) is 24.2. The summed E-state index contributed by atoms with van der Waals surface area (Å²) in [6, 6.07) is 3.97. The number of nitrogens with one attached hydrogen (secondary N) is 2. The van der Waals surface area contributed by atoms with Crippen LogP contribution in [0.3, 0.4) is 0 Å². The number of methoxy groups -OCH3 is 1. The normalized spacial score (nSPS) is 14.2. The molecule has 2 aromatic rings. The number of nitrogens with zero attached hydrogens (tertiary/aromatic N) is 1. The molecule has 3 rings (SSSR count). The van der Waals surface area contributed by atoms with Crippen molar-refractivity contribution in [3.63, 3.8) is 0 Å². The van der Waals surface area contributed by atoms with Crippen molar-refractivity contribution in [2.24, 2.45) is 0 Å². The van der Waals surface area contributed by atoms with Crippen molar-refractivity contribution in [1.29, 1.82) is 0 Å². The van der Waals surface area contributed by atoms with Crippen molar-refractivity contribution in [3.8, 4) is 0 Å². The third kappa shape index (κ3) is 5.67. The van der Waals surface area contributed by atoms with E-state index in [1.54, 1.807) is 6.92 Å². The summed E-state index contributed by atoms with van der Waals surface area (Å²) >= 11 is 0.997. The summed E-state index contributed by atoms with van der Waals surface area (Å²) < 4.78 is 34.1. The minimum atomic E-state index is -3.29. The number of anilines is 2. The first-order valence-corrected chi connectivity index (χ1v) is 12.6. The maximum Gasteiger partial charge on any atom is 0.341 e. The van der Waals surface area contributed by atoms with E-state index in [0.29, 0.717) is 23.6 Å². The Bertz CT molecular complexity index is 1190. The number of hydrogen-bond donors (Lipinski definition) is 2. The number of thiophene rings is 1. The van der Waals surface area contributed by atoms with Crippen LogP contribution in [0.25, 0.3) is 0 Å². The third-order valence-corrected chi connectivity index (χ3v) is 7.77. The molecular formula is C20H23N3O8S2. The van der Waals surface area contributed by atoms with Crippen LogP contribution in [0.4, 0.5) is 16.4 Å². The summed E-state index contributed by atoms with van der Waals surface area (Å²) in [4.78, 5) is 36.8.